The summed E-state index contributed by atoms with van der Waals surface area (Å²) in [4.78, 5) is 15.2. The van der Waals surface area contributed by atoms with Crippen molar-refractivity contribution >= 4 is 28.7 Å². The maximum atomic E-state index is 13.4. The smallest absolute Gasteiger partial charge is 0.338 e. The first-order chi connectivity index (χ1) is 9.56. The molecule has 3 aromatic rings. The van der Waals surface area contributed by atoms with Gasteiger partial charge in [0.2, 0.25) is 5.89 Å². The third-order valence-electron chi connectivity index (χ3n) is 2.82. The zero-order valence-electron chi connectivity index (χ0n) is 9.93. The van der Waals surface area contributed by atoms with Gasteiger partial charge in [-0.2, -0.15) is 0 Å². The van der Waals surface area contributed by atoms with Crippen LogP contribution in [0.5, 0.6) is 0 Å². The van der Waals surface area contributed by atoms with Gasteiger partial charge in [-0.25, -0.2) is 14.2 Å². The Kier molecular flexibility index (Phi) is 2.91. The van der Waals surface area contributed by atoms with Crippen molar-refractivity contribution in [2.45, 2.75) is 0 Å². The van der Waals surface area contributed by atoms with Crippen molar-refractivity contribution in [3.63, 3.8) is 0 Å². The van der Waals surface area contributed by atoms with Crippen LogP contribution in [0.2, 0.25) is 5.02 Å². The zero-order chi connectivity index (χ0) is 14.3. The van der Waals surface area contributed by atoms with Gasteiger partial charge in [0, 0.05) is 5.56 Å². The summed E-state index contributed by atoms with van der Waals surface area (Å²) in [7, 11) is 0. The van der Waals surface area contributed by atoms with Crippen LogP contribution in [-0.4, -0.2) is 16.1 Å². The highest BCUT2D eigenvalue weighted by Crippen LogP contribution is 2.28. The van der Waals surface area contributed by atoms with E-state index in [2.05, 4.69) is 4.98 Å². The number of carbonyl (C=O) groups is 1. The molecule has 0 unspecified atom stereocenters. The molecule has 1 aromatic heterocycles. The summed E-state index contributed by atoms with van der Waals surface area (Å²) in [6, 6.07) is 8.72. The predicted molar refractivity (Wildman–Crippen MR) is 71.4 cm³/mol. The van der Waals surface area contributed by atoms with Gasteiger partial charge in [0.25, 0.3) is 0 Å². The minimum atomic E-state index is -1.10. The Morgan fingerprint density at radius 2 is 2.10 bits per heavy atom. The summed E-state index contributed by atoms with van der Waals surface area (Å²) in [6.45, 7) is 0. The maximum Gasteiger partial charge on any atom is 0.338 e. The van der Waals surface area contributed by atoms with Gasteiger partial charge in [0.05, 0.1) is 10.6 Å². The number of nitrogens with zero attached hydrogens (tertiary/aromatic N) is 1. The molecule has 1 heterocycles. The molecular formula is C14H7ClFNO3. The first-order valence-corrected chi connectivity index (χ1v) is 6.02. The van der Waals surface area contributed by atoms with E-state index in [0.29, 0.717) is 11.1 Å². The highest BCUT2D eigenvalue weighted by Gasteiger charge is 2.16. The third kappa shape index (κ3) is 2.02. The molecule has 0 bridgehead atoms. The number of aromatic carboxylic acids is 1. The summed E-state index contributed by atoms with van der Waals surface area (Å²) < 4.78 is 18.9. The molecule has 100 valence electrons. The molecule has 0 atom stereocenters. The van der Waals surface area contributed by atoms with Crippen LogP contribution >= 0.6 is 11.6 Å². The fourth-order valence-corrected chi connectivity index (χ4v) is 1.99. The molecule has 0 aliphatic rings. The van der Waals surface area contributed by atoms with Crippen LogP contribution in [0.15, 0.2) is 40.8 Å². The largest absolute Gasteiger partial charge is 0.478 e. The first kappa shape index (κ1) is 12.6. The van der Waals surface area contributed by atoms with Crippen molar-refractivity contribution < 1.29 is 18.7 Å². The second-order valence-electron chi connectivity index (χ2n) is 4.11. The summed E-state index contributed by atoms with van der Waals surface area (Å²) >= 11 is 5.61. The second-order valence-corrected chi connectivity index (χ2v) is 4.51. The molecule has 1 N–H and O–H groups in total. The fourth-order valence-electron chi connectivity index (χ4n) is 1.87. The average molecular weight is 292 g/mol. The number of para-hydroxylation sites is 1. The fraction of sp³-hybridized carbons (Fsp3) is 0. The average Bonchev–Trinajstić information content (AvgIpc) is 2.85. The summed E-state index contributed by atoms with van der Waals surface area (Å²) in [5.74, 6) is -1.55. The summed E-state index contributed by atoms with van der Waals surface area (Å²) in [5, 5.41) is 9.08. The monoisotopic (exact) mass is 291 g/mol. The molecule has 0 saturated heterocycles. The van der Waals surface area contributed by atoms with Crippen LogP contribution in [-0.2, 0) is 0 Å². The van der Waals surface area contributed by atoms with Gasteiger partial charge in [-0.3, -0.25) is 0 Å². The van der Waals surface area contributed by atoms with Crippen LogP contribution in [0.4, 0.5) is 4.39 Å². The van der Waals surface area contributed by atoms with Crippen LogP contribution in [0, 0.1) is 5.82 Å². The Hall–Kier alpha value is -2.40. The van der Waals surface area contributed by atoms with Gasteiger partial charge >= 0.3 is 5.97 Å². The molecule has 6 heteroatoms. The Morgan fingerprint density at radius 3 is 2.80 bits per heavy atom. The van der Waals surface area contributed by atoms with E-state index in [1.54, 1.807) is 18.2 Å². The summed E-state index contributed by atoms with van der Waals surface area (Å²) in [5.41, 5.74) is 0.979. The maximum absolute atomic E-state index is 13.4. The molecule has 0 aliphatic carbocycles. The number of rotatable bonds is 2. The minimum absolute atomic E-state index is 0.00362. The van der Waals surface area contributed by atoms with E-state index in [-0.39, 0.29) is 22.0 Å². The number of hydrogen-bond acceptors (Lipinski definition) is 3. The number of carboxylic acids is 1. The number of benzene rings is 2. The highest BCUT2D eigenvalue weighted by molar-refractivity contribution is 6.30. The number of hydrogen-bond donors (Lipinski definition) is 1. The highest BCUT2D eigenvalue weighted by atomic mass is 35.5. The lowest BCUT2D eigenvalue weighted by atomic mass is 10.2. The van der Waals surface area contributed by atoms with Crippen molar-refractivity contribution in [1.82, 2.24) is 4.98 Å². The normalized spacial score (nSPS) is 10.9. The standard InChI is InChI=1S/C14H7ClFNO3/c15-9-5-4-7(6-10(9)16)13-17-12-8(14(18)19)2-1-3-11(12)20-13/h1-6H,(H,18,19). The van der Waals surface area contributed by atoms with Crippen molar-refractivity contribution in [3.05, 3.63) is 52.8 Å². The molecule has 0 radical (unpaired) electrons. The lowest BCUT2D eigenvalue weighted by molar-refractivity contribution is 0.0699. The van der Waals surface area contributed by atoms with Gasteiger partial charge < -0.3 is 9.52 Å². The molecule has 20 heavy (non-hydrogen) atoms. The predicted octanol–water partition coefficient (Wildman–Crippen LogP) is 3.99. The molecule has 0 fully saturated rings. The lowest BCUT2D eigenvalue weighted by Crippen LogP contribution is -1.96. The Labute approximate surface area is 117 Å². The molecule has 0 spiro atoms. The van der Waals surface area contributed by atoms with E-state index in [0.717, 1.165) is 0 Å². The van der Waals surface area contributed by atoms with Gasteiger partial charge in [-0.05, 0) is 30.3 Å². The van der Waals surface area contributed by atoms with Gasteiger partial charge in [-0.15, -0.1) is 0 Å². The van der Waals surface area contributed by atoms with Crippen molar-refractivity contribution in [3.8, 4) is 11.5 Å². The van der Waals surface area contributed by atoms with Gasteiger partial charge in [0.1, 0.15) is 11.3 Å². The molecule has 0 amide bonds. The van der Waals surface area contributed by atoms with Gasteiger partial charge in [0.15, 0.2) is 5.58 Å². The number of halogens is 2. The van der Waals surface area contributed by atoms with E-state index >= 15 is 0 Å². The quantitative estimate of drug-likeness (QED) is 0.775. The number of aromatic nitrogens is 1. The Balaban J connectivity index is 2.20. The first-order valence-electron chi connectivity index (χ1n) is 5.64. The molecule has 2 aromatic carbocycles. The second kappa shape index (κ2) is 4.61. The molecule has 0 saturated carbocycles. The van der Waals surface area contributed by atoms with Crippen LogP contribution < -0.4 is 0 Å². The van der Waals surface area contributed by atoms with E-state index in [9.17, 15) is 9.18 Å². The topological polar surface area (TPSA) is 63.3 Å². The van der Waals surface area contributed by atoms with E-state index < -0.39 is 11.8 Å². The van der Waals surface area contributed by atoms with Gasteiger partial charge in [-0.1, -0.05) is 17.7 Å². The summed E-state index contributed by atoms with van der Waals surface area (Å²) in [6.07, 6.45) is 0. The number of carboxylic acid groups (broad SMARTS) is 1. The van der Waals surface area contributed by atoms with E-state index in [4.69, 9.17) is 21.1 Å². The van der Waals surface area contributed by atoms with Crippen molar-refractivity contribution in [1.29, 1.82) is 0 Å². The number of fused-ring (bicyclic) bond motifs is 1. The molecule has 3 rings (SSSR count). The SMILES string of the molecule is O=C(O)c1cccc2oc(-c3ccc(Cl)c(F)c3)nc12. The zero-order valence-corrected chi connectivity index (χ0v) is 10.7. The van der Waals surface area contributed by atoms with E-state index in [1.165, 1.54) is 18.2 Å². The minimum Gasteiger partial charge on any atom is -0.478 e. The molecule has 4 nitrogen and oxygen atoms in total. The van der Waals surface area contributed by atoms with Crippen LogP contribution in [0.3, 0.4) is 0 Å². The third-order valence-corrected chi connectivity index (χ3v) is 3.12. The number of oxazole rings is 1. The van der Waals surface area contributed by atoms with Crippen LogP contribution in [0.25, 0.3) is 22.6 Å². The molecular weight excluding hydrogens is 285 g/mol. The van der Waals surface area contributed by atoms with Crippen molar-refractivity contribution in [2.24, 2.45) is 0 Å². The van der Waals surface area contributed by atoms with Crippen LogP contribution in [0.1, 0.15) is 10.4 Å². The Bertz CT molecular complexity index is 828. The van der Waals surface area contributed by atoms with E-state index in [1.807, 2.05) is 0 Å². The van der Waals surface area contributed by atoms with Crippen molar-refractivity contribution in [2.75, 3.05) is 0 Å². The Morgan fingerprint density at radius 1 is 1.30 bits per heavy atom. The molecule has 0 aliphatic heterocycles. The lowest BCUT2D eigenvalue weighted by Gasteiger charge is -1.96.